The average Bonchev–Trinajstić information content (AvgIpc) is 2.09. The van der Waals surface area contributed by atoms with Gasteiger partial charge >= 0.3 is 0 Å². The maximum Gasteiger partial charge on any atom is 0.0653 e. The lowest BCUT2D eigenvalue weighted by Crippen LogP contribution is -2.63. The van der Waals surface area contributed by atoms with Gasteiger partial charge in [-0.3, -0.25) is 0 Å². The maximum absolute atomic E-state index is 5.51. The number of rotatable bonds is 4. The highest BCUT2D eigenvalue weighted by Crippen LogP contribution is 2.70. The Morgan fingerprint density at radius 3 is 2.46 bits per heavy atom. The van der Waals surface area contributed by atoms with Crippen LogP contribution in [0.5, 0.6) is 0 Å². The Bertz CT molecular complexity index is 195. The van der Waals surface area contributed by atoms with E-state index in [0.29, 0.717) is 0 Å². The standard InChI is InChI=1S/C12H19B/c13-6-2-1-3-8-7-11-9-4-5-10(9)12(8)11/h8-12H,1-7H2. The first-order valence-corrected chi connectivity index (χ1v) is 6.12. The summed E-state index contributed by atoms with van der Waals surface area (Å²) in [7, 11) is 5.51. The van der Waals surface area contributed by atoms with E-state index in [9.17, 15) is 0 Å². The van der Waals surface area contributed by atoms with Crippen LogP contribution in [0.15, 0.2) is 0 Å². The molecule has 0 bridgehead atoms. The summed E-state index contributed by atoms with van der Waals surface area (Å²) in [4.78, 5) is 0. The molecule has 0 saturated heterocycles. The van der Waals surface area contributed by atoms with Crippen LogP contribution in [0.1, 0.15) is 38.5 Å². The van der Waals surface area contributed by atoms with Gasteiger partial charge in [-0.2, -0.15) is 0 Å². The SMILES string of the molecule is [B]CCCCC1CC2C3CCC3C12. The maximum atomic E-state index is 5.51. The second kappa shape index (κ2) is 3.03. The molecule has 5 atom stereocenters. The minimum Gasteiger partial charge on any atom is -0.0887 e. The highest BCUT2D eigenvalue weighted by Gasteiger charge is 2.62. The van der Waals surface area contributed by atoms with E-state index in [-0.39, 0.29) is 0 Å². The molecule has 3 rings (SSSR count). The largest absolute Gasteiger partial charge is 0.0887 e. The molecule has 0 spiro atoms. The van der Waals surface area contributed by atoms with Gasteiger partial charge in [0.1, 0.15) is 0 Å². The second-order valence-electron chi connectivity index (χ2n) is 5.43. The van der Waals surface area contributed by atoms with Gasteiger partial charge in [0.2, 0.25) is 0 Å². The lowest BCUT2D eigenvalue weighted by Gasteiger charge is -2.69. The van der Waals surface area contributed by atoms with E-state index in [1.807, 2.05) is 0 Å². The van der Waals surface area contributed by atoms with Crippen molar-refractivity contribution in [3.8, 4) is 0 Å². The van der Waals surface area contributed by atoms with Gasteiger partial charge in [-0.1, -0.05) is 25.6 Å². The first kappa shape index (κ1) is 8.38. The van der Waals surface area contributed by atoms with Gasteiger partial charge in [-0.25, -0.2) is 0 Å². The zero-order valence-electron chi connectivity index (χ0n) is 8.41. The summed E-state index contributed by atoms with van der Waals surface area (Å²) in [6.07, 6.45) is 9.75. The van der Waals surface area contributed by atoms with E-state index in [4.69, 9.17) is 7.85 Å². The van der Waals surface area contributed by atoms with Crippen LogP contribution in [0.3, 0.4) is 0 Å². The molecule has 13 heavy (non-hydrogen) atoms. The van der Waals surface area contributed by atoms with Gasteiger partial charge in [-0.15, -0.1) is 0 Å². The lowest BCUT2D eigenvalue weighted by molar-refractivity contribution is -0.207. The summed E-state index contributed by atoms with van der Waals surface area (Å²) in [5.41, 5.74) is 0. The Morgan fingerprint density at radius 1 is 1.00 bits per heavy atom. The van der Waals surface area contributed by atoms with E-state index in [1.54, 1.807) is 19.3 Å². The molecule has 3 aliphatic carbocycles. The van der Waals surface area contributed by atoms with Crippen molar-refractivity contribution in [1.82, 2.24) is 0 Å². The van der Waals surface area contributed by atoms with Crippen molar-refractivity contribution in [3.63, 3.8) is 0 Å². The topological polar surface area (TPSA) is 0 Å². The smallest absolute Gasteiger partial charge is 0.0653 e. The molecule has 0 N–H and O–H groups in total. The molecule has 3 fully saturated rings. The van der Waals surface area contributed by atoms with Gasteiger partial charge in [0, 0.05) is 0 Å². The van der Waals surface area contributed by atoms with E-state index in [2.05, 4.69) is 0 Å². The van der Waals surface area contributed by atoms with E-state index in [0.717, 1.165) is 12.2 Å². The zero-order valence-corrected chi connectivity index (χ0v) is 8.41. The highest BCUT2D eigenvalue weighted by atomic mass is 14.7. The third kappa shape index (κ3) is 1.05. The van der Waals surface area contributed by atoms with Crippen LogP contribution in [-0.4, -0.2) is 7.85 Å². The molecule has 0 aromatic heterocycles. The quantitative estimate of drug-likeness (QED) is 0.454. The number of fused-ring (bicyclic) bond motifs is 4. The van der Waals surface area contributed by atoms with Gasteiger partial charge in [-0.05, 0) is 48.9 Å². The molecule has 0 aromatic rings. The van der Waals surface area contributed by atoms with Crippen molar-refractivity contribution in [1.29, 1.82) is 0 Å². The van der Waals surface area contributed by atoms with Crippen molar-refractivity contribution >= 4 is 7.85 Å². The number of hydrogen-bond donors (Lipinski definition) is 0. The van der Waals surface area contributed by atoms with Gasteiger partial charge in [0.15, 0.2) is 0 Å². The van der Waals surface area contributed by atoms with Crippen LogP contribution in [0.2, 0.25) is 6.32 Å². The van der Waals surface area contributed by atoms with Gasteiger partial charge in [0.05, 0.1) is 7.85 Å². The second-order valence-corrected chi connectivity index (χ2v) is 5.43. The molecule has 0 aliphatic heterocycles. The third-order valence-electron chi connectivity index (χ3n) is 5.07. The molecule has 0 amide bonds. The van der Waals surface area contributed by atoms with E-state index in [1.165, 1.54) is 42.9 Å². The van der Waals surface area contributed by atoms with Crippen LogP contribution < -0.4 is 0 Å². The highest BCUT2D eigenvalue weighted by molar-refractivity contribution is 6.08. The summed E-state index contributed by atoms with van der Waals surface area (Å²) in [5.74, 6) is 5.91. The molecule has 0 aromatic carbocycles. The fourth-order valence-corrected chi connectivity index (χ4v) is 4.22. The van der Waals surface area contributed by atoms with Gasteiger partial charge < -0.3 is 0 Å². The van der Waals surface area contributed by atoms with Crippen molar-refractivity contribution in [2.45, 2.75) is 44.8 Å². The molecule has 5 unspecified atom stereocenters. The lowest BCUT2D eigenvalue weighted by atomic mass is 9.36. The Balaban J connectivity index is 1.44. The van der Waals surface area contributed by atoms with Crippen molar-refractivity contribution in [2.75, 3.05) is 0 Å². The fourth-order valence-electron chi connectivity index (χ4n) is 4.22. The Hall–Kier alpha value is 0.0649. The molecule has 1 heteroatoms. The number of hydrogen-bond acceptors (Lipinski definition) is 0. The summed E-state index contributed by atoms with van der Waals surface area (Å²) >= 11 is 0. The molecule has 3 aliphatic rings. The summed E-state index contributed by atoms with van der Waals surface area (Å²) < 4.78 is 0. The molecular formula is C12H19B. The predicted octanol–water partition coefficient (Wildman–Crippen LogP) is 3.04. The van der Waals surface area contributed by atoms with Gasteiger partial charge in [0.25, 0.3) is 0 Å². The van der Waals surface area contributed by atoms with Crippen LogP contribution in [0.4, 0.5) is 0 Å². The summed E-state index contributed by atoms with van der Waals surface area (Å²) in [5, 5.41) is 0. The zero-order chi connectivity index (χ0) is 8.84. The molecule has 3 saturated carbocycles. The average molecular weight is 174 g/mol. The summed E-state index contributed by atoms with van der Waals surface area (Å²) in [6.45, 7) is 0. The van der Waals surface area contributed by atoms with Crippen LogP contribution >= 0.6 is 0 Å². The molecule has 2 radical (unpaired) electrons. The Morgan fingerprint density at radius 2 is 1.85 bits per heavy atom. The molecule has 0 heterocycles. The number of unbranched alkanes of at least 4 members (excludes halogenated alkanes) is 1. The minimum atomic E-state index is 0.896. The van der Waals surface area contributed by atoms with E-state index < -0.39 is 0 Å². The molecule has 0 nitrogen and oxygen atoms in total. The fraction of sp³-hybridized carbons (Fsp3) is 1.00. The Labute approximate surface area is 82.9 Å². The molecular weight excluding hydrogens is 155 g/mol. The van der Waals surface area contributed by atoms with Crippen molar-refractivity contribution in [3.05, 3.63) is 0 Å². The van der Waals surface area contributed by atoms with Crippen LogP contribution in [0, 0.1) is 29.6 Å². The summed E-state index contributed by atoms with van der Waals surface area (Å²) in [6, 6.07) is 0. The van der Waals surface area contributed by atoms with Crippen LogP contribution in [0.25, 0.3) is 0 Å². The minimum absolute atomic E-state index is 0.896. The molecule has 70 valence electrons. The third-order valence-corrected chi connectivity index (χ3v) is 5.07. The first-order chi connectivity index (χ1) is 6.42. The van der Waals surface area contributed by atoms with Crippen LogP contribution in [-0.2, 0) is 0 Å². The van der Waals surface area contributed by atoms with Crippen molar-refractivity contribution in [2.24, 2.45) is 29.6 Å². The first-order valence-electron chi connectivity index (χ1n) is 6.12. The monoisotopic (exact) mass is 174 g/mol. The normalized spacial score (nSPS) is 50.9. The Kier molecular flexibility index (Phi) is 1.96. The van der Waals surface area contributed by atoms with Crippen molar-refractivity contribution < 1.29 is 0 Å². The predicted molar refractivity (Wildman–Crippen MR) is 55.7 cm³/mol. The van der Waals surface area contributed by atoms with E-state index >= 15 is 0 Å².